The van der Waals surface area contributed by atoms with Crippen LogP contribution < -0.4 is 14.2 Å². The number of rotatable bonds is 25. The molecule has 0 saturated carbocycles. The molecule has 0 atom stereocenters. The van der Waals surface area contributed by atoms with Gasteiger partial charge in [0, 0.05) is 162 Å². The maximum absolute atomic E-state index is 14.1. The monoisotopic (exact) mass is 1710 g/mol. The number of esters is 2. The molecule has 5 aromatic heterocycles. The zero-order valence-corrected chi connectivity index (χ0v) is 70.9. The number of nitrogens with zero attached hydrogens (tertiary/aromatic N) is 7. The number of phenols is 2. The Morgan fingerprint density at radius 2 is 0.750 bits per heavy atom. The molecule has 16 rings (SSSR count). The van der Waals surface area contributed by atoms with Crippen molar-refractivity contribution >= 4 is 84.1 Å². The Morgan fingerprint density at radius 1 is 0.395 bits per heavy atom. The Bertz CT molecular complexity index is 5760. The molecule has 0 aliphatic carbocycles. The highest BCUT2D eigenvalue weighted by Gasteiger charge is 2.28. The number of carboxylic acids is 1. The van der Waals surface area contributed by atoms with Crippen LogP contribution in [0.3, 0.4) is 0 Å². The quantitative estimate of drug-likeness (QED) is 0.0208. The molecule has 28 heteroatoms. The van der Waals surface area contributed by atoms with E-state index in [0.29, 0.717) is 121 Å². The summed E-state index contributed by atoms with van der Waals surface area (Å²) in [6.45, 7) is 22.4. The van der Waals surface area contributed by atoms with Gasteiger partial charge >= 0.3 is 17.9 Å². The van der Waals surface area contributed by atoms with Crippen LogP contribution in [-0.2, 0) is 121 Å². The number of hydrogen-bond acceptors (Lipinski definition) is 16. The summed E-state index contributed by atoms with van der Waals surface area (Å²) in [5.74, 6) is -4.22. The van der Waals surface area contributed by atoms with Gasteiger partial charge in [0.25, 0.3) is 5.78 Å². The number of halogens is 5. The minimum atomic E-state index is -0.974. The van der Waals surface area contributed by atoms with E-state index in [0.717, 1.165) is 122 Å². The molecule has 3 saturated heterocycles. The minimum absolute atomic E-state index is 0.00202. The molecule has 124 heavy (non-hydrogen) atoms. The number of methoxy groups -OCH3 is 2. The molecule has 0 unspecified atom stereocenters. The number of Topliss-reactive ketones (excluding diaryl/α,β-unsaturated/α-hetero) is 1. The standard InChI is InChI=1S/C20H18FNO4.C20H20FNO3.C19H18FNO3.C16H19FN2O3.C16H21FN2O2.C5H10O/c1-3-22-11-15(19(23)20(24)25-2)18-16(22)9-14(21)10-17(18)26-12-13-7-5-4-6-8-13;1-3-22-12-15(9-19(23)24-2)20-17(22)10-16(21)11-18(20)25-13-14-7-5-4-6-8-14;1-2-21-11-14(8-18(22)23)19-16(21)9-15(20)10-17(19)24-12-13-6-4-3-5-7-13;1-2-18-10-11(7-15(21)19-3-5-22-6-4-19)16-13(18)8-12(17)9-14(16)20;1-2-19-11-12(3-4-18-5-7-21-8-6-18)16-14(19)9-13(17)10-15(16)20;1-2-4-6-5-3-1/h4-11H,3,12H2,1-2H3;4-8,10-12H,3,9,13H2,1-2H3;3-7,9-11H,2,8,12H2,1H3,(H,22,23);8-10,20H,2-7H2,1H3;9-11,20H,2-8H2,1H3;1-5H2. The lowest BCUT2D eigenvalue weighted by Crippen LogP contribution is -2.41. The van der Waals surface area contributed by atoms with Crippen molar-refractivity contribution in [3.63, 3.8) is 0 Å². The zero-order chi connectivity index (χ0) is 88.3. The molecule has 3 aliphatic heterocycles. The second kappa shape index (κ2) is 45.0. The van der Waals surface area contributed by atoms with Gasteiger partial charge in [-0.15, -0.1) is 0 Å². The van der Waals surface area contributed by atoms with Crippen LogP contribution in [-0.4, -0.2) is 164 Å². The number of benzene rings is 8. The van der Waals surface area contributed by atoms with Crippen molar-refractivity contribution in [1.29, 1.82) is 0 Å². The highest BCUT2D eigenvalue weighted by atomic mass is 19.1. The molecule has 8 heterocycles. The SMILES string of the molecule is C1CCOCC1.CCn1cc(C(=O)C(=O)OC)c2c(OCc3ccccc3)cc(F)cc21.CCn1cc(CC(=O)N2CCOCC2)c2c(O)cc(F)cc21.CCn1cc(CC(=O)O)c2c(OCc3ccccc3)cc(F)cc21.CCn1cc(CC(=O)OC)c2c(OCc3ccccc3)cc(F)cc21.CCn1cc(CCN2CCOCC2)c2c(O)cc(F)cc21. The molecule has 0 spiro atoms. The molecule has 8 aromatic carbocycles. The summed E-state index contributed by atoms with van der Waals surface area (Å²) in [4.78, 5) is 63.5. The van der Waals surface area contributed by atoms with Gasteiger partial charge in [0.2, 0.25) is 5.91 Å². The predicted molar refractivity (Wildman–Crippen MR) is 464 cm³/mol. The Labute approximate surface area is 716 Å². The molecule has 1 amide bonds. The minimum Gasteiger partial charge on any atom is -0.507 e. The maximum Gasteiger partial charge on any atom is 0.379 e. The number of aromatic hydroxyl groups is 2. The molecule has 3 N–H and O–H groups in total. The van der Waals surface area contributed by atoms with Crippen LogP contribution in [0.5, 0.6) is 28.7 Å². The van der Waals surface area contributed by atoms with Crippen LogP contribution >= 0.6 is 0 Å². The molecule has 656 valence electrons. The molecule has 13 aromatic rings. The van der Waals surface area contributed by atoms with Gasteiger partial charge < -0.3 is 80.9 Å². The predicted octanol–water partition coefficient (Wildman–Crippen LogP) is 17.3. The number of morpholine rings is 2. The van der Waals surface area contributed by atoms with Gasteiger partial charge in [-0.1, -0.05) is 91.0 Å². The third kappa shape index (κ3) is 24.1. The van der Waals surface area contributed by atoms with Gasteiger partial charge in [-0.05, 0) is 130 Å². The van der Waals surface area contributed by atoms with Crippen molar-refractivity contribution in [2.75, 3.05) is 86.6 Å². The molecule has 3 fully saturated rings. The van der Waals surface area contributed by atoms with Crippen molar-refractivity contribution in [1.82, 2.24) is 32.6 Å². The lowest BCUT2D eigenvalue weighted by Gasteiger charge is -2.26. The summed E-state index contributed by atoms with van der Waals surface area (Å²) < 4.78 is 121. The second-order valence-electron chi connectivity index (χ2n) is 29.6. The number of phenolic OH excluding ortho intramolecular Hbond substituents is 2. The lowest BCUT2D eigenvalue weighted by molar-refractivity contribution is -0.140. The molecule has 3 aliphatic rings. The van der Waals surface area contributed by atoms with Gasteiger partial charge in [0.1, 0.15) is 77.7 Å². The van der Waals surface area contributed by atoms with E-state index in [9.17, 15) is 56.1 Å². The molecular weight excluding hydrogens is 1600 g/mol. The number of ether oxygens (including phenoxy) is 8. The number of ketones is 1. The largest absolute Gasteiger partial charge is 0.507 e. The molecule has 0 bridgehead atoms. The van der Waals surface area contributed by atoms with Crippen molar-refractivity contribution in [2.45, 2.75) is 132 Å². The smallest absolute Gasteiger partial charge is 0.379 e. The third-order valence-corrected chi connectivity index (χ3v) is 21.4. The van der Waals surface area contributed by atoms with Crippen LogP contribution in [0.4, 0.5) is 22.0 Å². The lowest BCUT2D eigenvalue weighted by atomic mass is 10.1. The number of aliphatic carboxylic acids is 1. The summed E-state index contributed by atoms with van der Waals surface area (Å²) in [5, 5.41) is 32.5. The van der Waals surface area contributed by atoms with E-state index in [-0.39, 0.29) is 66.4 Å². The van der Waals surface area contributed by atoms with Crippen molar-refractivity contribution in [3.05, 3.63) is 256 Å². The Kier molecular flexibility index (Phi) is 33.5. The van der Waals surface area contributed by atoms with Crippen molar-refractivity contribution < 1.29 is 99.1 Å². The van der Waals surface area contributed by atoms with E-state index >= 15 is 0 Å². The summed E-state index contributed by atoms with van der Waals surface area (Å²) in [6, 6.07) is 41.9. The summed E-state index contributed by atoms with van der Waals surface area (Å²) in [7, 11) is 2.50. The first-order valence-electron chi connectivity index (χ1n) is 41.6. The topological polar surface area (TPSA) is 251 Å². The summed E-state index contributed by atoms with van der Waals surface area (Å²) in [5.41, 5.74) is 9.43. The van der Waals surface area contributed by atoms with E-state index in [2.05, 4.69) is 9.64 Å². The van der Waals surface area contributed by atoms with Gasteiger partial charge in [-0.3, -0.25) is 24.1 Å². The maximum atomic E-state index is 14.1. The Morgan fingerprint density at radius 3 is 1.14 bits per heavy atom. The number of carboxylic acid groups (broad SMARTS) is 1. The van der Waals surface area contributed by atoms with E-state index < -0.39 is 41.0 Å². The Hall–Kier alpha value is -12.5. The Balaban J connectivity index is 0.000000148. The number of amides is 1. The third-order valence-electron chi connectivity index (χ3n) is 21.4. The second-order valence-corrected chi connectivity index (χ2v) is 29.6. The highest BCUT2D eigenvalue weighted by molar-refractivity contribution is 6.43. The van der Waals surface area contributed by atoms with E-state index in [1.54, 1.807) is 15.7 Å². The van der Waals surface area contributed by atoms with E-state index in [1.165, 1.54) is 87.2 Å². The van der Waals surface area contributed by atoms with Crippen LogP contribution in [0.1, 0.15) is 103 Å². The van der Waals surface area contributed by atoms with Crippen LogP contribution in [0, 0.1) is 29.1 Å². The number of hydrogen-bond donors (Lipinski definition) is 3. The molecule has 0 radical (unpaired) electrons. The van der Waals surface area contributed by atoms with Crippen molar-refractivity contribution in [2.24, 2.45) is 0 Å². The number of aryl methyl sites for hydroxylation is 5. The van der Waals surface area contributed by atoms with E-state index in [4.69, 9.17) is 38.3 Å². The van der Waals surface area contributed by atoms with Crippen LogP contribution in [0.25, 0.3) is 54.5 Å². The highest BCUT2D eigenvalue weighted by Crippen LogP contribution is 2.39. The first-order valence-corrected chi connectivity index (χ1v) is 41.6. The van der Waals surface area contributed by atoms with Gasteiger partial charge in [-0.25, -0.2) is 26.7 Å². The fourth-order valence-electron chi connectivity index (χ4n) is 15.2. The molecule has 23 nitrogen and oxygen atoms in total. The fraction of sp³-hybridized carbons (Fsp3) is 0.344. The molecular formula is C96H106F5N7O16. The fourth-order valence-corrected chi connectivity index (χ4v) is 15.2. The number of aromatic nitrogens is 5. The van der Waals surface area contributed by atoms with Gasteiger partial charge in [0.05, 0.1) is 98.4 Å². The average molecular weight is 1710 g/mol. The normalized spacial score (nSPS) is 13.3. The van der Waals surface area contributed by atoms with Crippen LogP contribution in [0.2, 0.25) is 0 Å². The van der Waals surface area contributed by atoms with Crippen molar-refractivity contribution in [3.8, 4) is 28.7 Å². The summed E-state index contributed by atoms with van der Waals surface area (Å²) in [6.07, 6.45) is 14.0. The van der Waals surface area contributed by atoms with E-state index in [1.807, 2.05) is 162 Å². The number of carbonyl (C=O) groups is 5. The average Bonchev–Trinajstić information content (AvgIpc) is 1.67. The van der Waals surface area contributed by atoms with Gasteiger partial charge in [-0.2, -0.15) is 0 Å². The summed E-state index contributed by atoms with van der Waals surface area (Å²) >= 11 is 0. The van der Waals surface area contributed by atoms with Crippen LogP contribution in [0.15, 0.2) is 183 Å². The van der Waals surface area contributed by atoms with Gasteiger partial charge in [0.15, 0.2) is 0 Å². The first kappa shape index (κ1) is 92.2. The number of carbonyl (C=O) groups excluding carboxylic acids is 4. The zero-order valence-electron chi connectivity index (χ0n) is 70.9. The first-order chi connectivity index (χ1) is 60.0. The number of fused-ring (bicyclic) bond motifs is 5.